The molecular formula is C12H13FN4. The van der Waals surface area contributed by atoms with Gasteiger partial charge in [0.15, 0.2) is 0 Å². The zero-order chi connectivity index (χ0) is 12.4. The second-order valence-electron chi connectivity index (χ2n) is 3.75. The van der Waals surface area contributed by atoms with Crippen molar-refractivity contribution in [3.8, 4) is 0 Å². The Morgan fingerprint density at radius 3 is 2.71 bits per heavy atom. The molecule has 0 saturated heterocycles. The number of nitrogens with two attached hydrogens (primary N) is 1. The zero-order valence-electron chi connectivity index (χ0n) is 9.68. The fourth-order valence-electron chi connectivity index (χ4n) is 1.62. The van der Waals surface area contributed by atoms with E-state index in [1.54, 1.807) is 36.3 Å². The summed E-state index contributed by atoms with van der Waals surface area (Å²) in [6, 6.07) is 6.52. The average Bonchev–Trinajstić information content (AvgIpc) is 2.32. The third-order valence-corrected chi connectivity index (χ3v) is 2.50. The summed E-state index contributed by atoms with van der Waals surface area (Å²) in [5.74, 6) is 0.475. The minimum Gasteiger partial charge on any atom is -0.368 e. The summed E-state index contributed by atoms with van der Waals surface area (Å²) in [6.07, 6.45) is 1.62. The molecular weight excluding hydrogens is 219 g/mol. The van der Waals surface area contributed by atoms with E-state index < -0.39 is 0 Å². The summed E-state index contributed by atoms with van der Waals surface area (Å²) >= 11 is 0. The molecule has 1 aromatic heterocycles. The number of nitrogen functional groups attached to an aromatic ring is 1. The van der Waals surface area contributed by atoms with Crippen LogP contribution in [0.4, 0.5) is 21.8 Å². The molecule has 88 valence electrons. The van der Waals surface area contributed by atoms with E-state index in [1.165, 1.54) is 6.07 Å². The first kappa shape index (κ1) is 11.3. The predicted molar refractivity (Wildman–Crippen MR) is 65.6 cm³/mol. The van der Waals surface area contributed by atoms with Crippen molar-refractivity contribution < 1.29 is 4.39 Å². The van der Waals surface area contributed by atoms with Gasteiger partial charge in [-0.1, -0.05) is 12.1 Å². The Kier molecular flexibility index (Phi) is 2.91. The molecule has 0 atom stereocenters. The molecule has 2 N–H and O–H groups in total. The molecule has 0 unspecified atom stereocenters. The molecule has 0 spiro atoms. The minimum absolute atomic E-state index is 0.175. The molecule has 0 fully saturated rings. The molecule has 0 aliphatic heterocycles. The Labute approximate surface area is 98.9 Å². The van der Waals surface area contributed by atoms with Gasteiger partial charge in [-0.05, 0) is 19.1 Å². The molecule has 2 aromatic rings. The van der Waals surface area contributed by atoms with Gasteiger partial charge < -0.3 is 10.6 Å². The van der Waals surface area contributed by atoms with Gasteiger partial charge in [0, 0.05) is 18.8 Å². The second kappa shape index (κ2) is 4.37. The molecule has 0 bridgehead atoms. The van der Waals surface area contributed by atoms with Gasteiger partial charge in [0.2, 0.25) is 5.95 Å². The maximum absolute atomic E-state index is 13.6. The van der Waals surface area contributed by atoms with E-state index in [0.29, 0.717) is 11.5 Å². The summed E-state index contributed by atoms with van der Waals surface area (Å²) in [4.78, 5) is 9.66. The summed E-state index contributed by atoms with van der Waals surface area (Å²) in [5, 5.41) is 0. The normalized spacial score (nSPS) is 10.3. The standard InChI is InChI=1S/C12H13FN4/c1-8-7-15-12(14)16-11(8)17(2)10-6-4-3-5-9(10)13/h3-7H,1-2H3,(H2,14,15,16). The number of aryl methyl sites for hydroxylation is 1. The highest BCUT2D eigenvalue weighted by Gasteiger charge is 2.12. The summed E-state index contributed by atoms with van der Waals surface area (Å²) in [6.45, 7) is 1.85. The third kappa shape index (κ3) is 2.18. The van der Waals surface area contributed by atoms with Crippen LogP contribution in [-0.2, 0) is 0 Å². The Hall–Kier alpha value is -2.17. The maximum Gasteiger partial charge on any atom is 0.221 e. The lowest BCUT2D eigenvalue weighted by atomic mass is 10.2. The van der Waals surface area contributed by atoms with Crippen molar-refractivity contribution in [3.63, 3.8) is 0 Å². The first-order valence-corrected chi connectivity index (χ1v) is 5.17. The van der Waals surface area contributed by atoms with E-state index in [-0.39, 0.29) is 11.8 Å². The quantitative estimate of drug-likeness (QED) is 0.863. The van der Waals surface area contributed by atoms with Crippen LogP contribution < -0.4 is 10.6 Å². The van der Waals surface area contributed by atoms with Crippen LogP contribution in [0.5, 0.6) is 0 Å². The monoisotopic (exact) mass is 232 g/mol. The number of hydrogen-bond donors (Lipinski definition) is 1. The lowest BCUT2D eigenvalue weighted by molar-refractivity contribution is 0.627. The van der Waals surface area contributed by atoms with Crippen molar-refractivity contribution in [2.24, 2.45) is 0 Å². The molecule has 0 radical (unpaired) electrons. The molecule has 1 heterocycles. The van der Waals surface area contributed by atoms with Gasteiger partial charge in [0.05, 0.1) is 5.69 Å². The molecule has 4 nitrogen and oxygen atoms in total. The van der Waals surface area contributed by atoms with Crippen LogP contribution in [0.1, 0.15) is 5.56 Å². The van der Waals surface area contributed by atoms with Gasteiger partial charge in [-0.25, -0.2) is 9.37 Å². The van der Waals surface area contributed by atoms with Crippen molar-refractivity contribution in [2.75, 3.05) is 17.7 Å². The van der Waals surface area contributed by atoms with Crippen LogP contribution in [0.25, 0.3) is 0 Å². The van der Waals surface area contributed by atoms with Crippen LogP contribution in [-0.4, -0.2) is 17.0 Å². The zero-order valence-corrected chi connectivity index (χ0v) is 9.68. The largest absolute Gasteiger partial charge is 0.368 e. The highest BCUT2D eigenvalue weighted by atomic mass is 19.1. The highest BCUT2D eigenvalue weighted by molar-refractivity contribution is 5.62. The van der Waals surface area contributed by atoms with Crippen molar-refractivity contribution in [3.05, 3.63) is 41.8 Å². The van der Waals surface area contributed by atoms with Gasteiger partial charge >= 0.3 is 0 Å². The number of rotatable bonds is 2. The Morgan fingerprint density at radius 2 is 2.00 bits per heavy atom. The van der Waals surface area contributed by atoms with E-state index in [2.05, 4.69) is 9.97 Å². The van der Waals surface area contributed by atoms with Crippen molar-refractivity contribution >= 4 is 17.5 Å². The molecule has 1 aromatic carbocycles. The van der Waals surface area contributed by atoms with Crippen LogP contribution in [0.2, 0.25) is 0 Å². The van der Waals surface area contributed by atoms with E-state index in [9.17, 15) is 4.39 Å². The van der Waals surface area contributed by atoms with Crippen molar-refractivity contribution in [1.82, 2.24) is 9.97 Å². The number of para-hydroxylation sites is 1. The smallest absolute Gasteiger partial charge is 0.221 e. The third-order valence-electron chi connectivity index (χ3n) is 2.50. The number of hydrogen-bond acceptors (Lipinski definition) is 4. The summed E-state index contributed by atoms with van der Waals surface area (Å²) < 4.78 is 13.6. The maximum atomic E-state index is 13.6. The Balaban J connectivity index is 2.47. The molecule has 17 heavy (non-hydrogen) atoms. The fraction of sp³-hybridized carbons (Fsp3) is 0.167. The van der Waals surface area contributed by atoms with Crippen molar-refractivity contribution in [1.29, 1.82) is 0 Å². The number of anilines is 3. The molecule has 0 saturated carbocycles. The Bertz CT molecular complexity index is 542. The van der Waals surface area contributed by atoms with Crippen molar-refractivity contribution in [2.45, 2.75) is 6.92 Å². The lowest BCUT2D eigenvalue weighted by Crippen LogP contribution is -2.15. The summed E-state index contributed by atoms with van der Waals surface area (Å²) in [5.41, 5.74) is 6.83. The fourth-order valence-corrected chi connectivity index (χ4v) is 1.62. The number of nitrogens with zero attached hydrogens (tertiary/aromatic N) is 3. The molecule has 0 aliphatic rings. The number of aromatic nitrogens is 2. The van der Waals surface area contributed by atoms with Gasteiger partial charge in [0.1, 0.15) is 11.6 Å². The topological polar surface area (TPSA) is 55.0 Å². The van der Waals surface area contributed by atoms with Crippen LogP contribution in [0, 0.1) is 12.7 Å². The van der Waals surface area contributed by atoms with E-state index in [1.807, 2.05) is 6.92 Å². The van der Waals surface area contributed by atoms with Gasteiger partial charge in [0.25, 0.3) is 0 Å². The SMILES string of the molecule is Cc1cnc(N)nc1N(C)c1ccccc1F. The predicted octanol–water partition coefficient (Wildman–Crippen LogP) is 2.27. The first-order chi connectivity index (χ1) is 8.09. The minimum atomic E-state index is -0.299. The second-order valence-corrected chi connectivity index (χ2v) is 3.75. The first-order valence-electron chi connectivity index (χ1n) is 5.17. The number of benzene rings is 1. The van der Waals surface area contributed by atoms with E-state index in [4.69, 9.17) is 5.73 Å². The average molecular weight is 232 g/mol. The van der Waals surface area contributed by atoms with E-state index in [0.717, 1.165) is 5.56 Å². The Morgan fingerprint density at radius 1 is 1.29 bits per heavy atom. The van der Waals surface area contributed by atoms with Gasteiger partial charge in [-0.3, -0.25) is 0 Å². The van der Waals surface area contributed by atoms with Crippen LogP contribution in [0.3, 0.4) is 0 Å². The van der Waals surface area contributed by atoms with E-state index >= 15 is 0 Å². The molecule has 5 heteroatoms. The highest BCUT2D eigenvalue weighted by Crippen LogP contribution is 2.26. The van der Waals surface area contributed by atoms with Gasteiger partial charge in [-0.15, -0.1) is 0 Å². The van der Waals surface area contributed by atoms with Crippen LogP contribution in [0.15, 0.2) is 30.5 Å². The lowest BCUT2D eigenvalue weighted by Gasteiger charge is -2.20. The molecule has 0 aliphatic carbocycles. The summed E-state index contributed by atoms with van der Waals surface area (Å²) in [7, 11) is 1.74. The van der Waals surface area contributed by atoms with Crippen LogP contribution >= 0.6 is 0 Å². The van der Waals surface area contributed by atoms with Gasteiger partial charge in [-0.2, -0.15) is 4.98 Å². The molecule has 0 amide bonds. The molecule has 2 rings (SSSR count). The number of halogens is 1.